The second-order valence-corrected chi connectivity index (χ2v) is 0. The first-order valence-corrected chi connectivity index (χ1v) is 0. The fourth-order valence-electron chi connectivity index (χ4n) is 0. The third-order valence-electron chi connectivity index (χ3n) is 0. The van der Waals surface area contributed by atoms with Crippen molar-refractivity contribution in [3.8, 4) is 0 Å². The maximum Gasteiger partial charge on any atom is 3.00 e. The molecule has 0 aliphatic rings. The Kier molecular flexibility index (Phi) is 308. The van der Waals surface area contributed by atoms with E-state index in [0.29, 0.717) is 0 Å². The van der Waals surface area contributed by atoms with Crippen LogP contribution in [0.1, 0.15) is 0 Å². The van der Waals surface area contributed by atoms with Crippen LogP contribution in [0.2, 0.25) is 0 Å². The molecule has 0 aliphatic heterocycles. The molecule has 0 unspecified atom stereocenters. The van der Waals surface area contributed by atoms with Crippen LogP contribution >= 0.6 is 0 Å². The van der Waals surface area contributed by atoms with Gasteiger partial charge in [-0.25, -0.2) is 0 Å². The summed E-state index contributed by atoms with van der Waals surface area (Å²) in [7, 11) is 0. The zero-order valence-corrected chi connectivity index (χ0v) is 7.55. The van der Waals surface area contributed by atoms with Gasteiger partial charge in [0.15, 0.2) is 0 Å². The first kappa shape index (κ1) is 49.7. The zero-order chi connectivity index (χ0) is 0. The SMILES string of the molecule is [Gd+3].[Nd+3].[O-2].[O-2].[O-2]. The van der Waals surface area contributed by atoms with E-state index in [2.05, 4.69) is 0 Å². The Labute approximate surface area is 95.0 Å². The van der Waals surface area contributed by atoms with Gasteiger partial charge in [-0.05, 0) is 0 Å². The van der Waals surface area contributed by atoms with Crippen LogP contribution in [-0.2, 0) is 16.4 Å². The minimum Gasteiger partial charge on any atom is -2.00 e. The quantitative estimate of drug-likeness (QED) is 0.572. The van der Waals surface area contributed by atoms with Crippen molar-refractivity contribution in [1.82, 2.24) is 0 Å². The molecule has 0 atom stereocenters. The molecular weight excluding hydrogens is 349 g/mol. The van der Waals surface area contributed by atoms with Crippen LogP contribution in [0.3, 0.4) is 0 Å². The van der Waals surface area contributed by atoms with Crippen molar-refractivity contribution in [2.75, 3.05) is 0 Å². The van der Waals surface area contributed by atoms with E-state index in [-0.39, 0.29) is 97.2 Å². The minimum atomic E-state index is 0. The van der Waals surface area contributed by atoms with Crippen molar-refractivity contribution < 1.29 is 97.2 Å². The second-order valence-electron chi connectivity index (χ2n) is 0. The normalized spacial score (nSPS) is 0. The number of hydrogen-bond acceptors (Lipinski definition) is 0. The molecule has 0 spiro atoms. The first-order chi connectivity index (χ1) is 0. The van der Waals surface area contributed by atoms with Gasteiger partial charge in [-0.1, -0.05) is 0 Å². The molecular formula is GdNdO3. The van der Waals surface area contributed by atoms with Crippen molar-refractivity contribution in [1.29, 1.82) is 0 Å². The molecule has 5 heavy (non-hydrogen) atoms. The molecule has 0 bridgehead atoms. The summed E-state index contributed by atoms with van der Waals surface area (Å²) in [5.41, 5.74) is 0. The topological polar surface area (TPSA) is 85.5 Å². The van der Waals surface area contributed by atoms with Gasteiger partial charge in [-0.15, -0.1) is 0 Å². The zero-order valence-electron chi connectivity index (χ0n) is 2.08. The molecule has 0 aromatic rings. The minimum absolute atomic E-state index is 0. The fourth-order valence-corrected chi connectivity index (χ4v) is 0. The molecule has 0 saturated heterocycles. The molecule has 0 heterocycles. The molecule has 0 aliphatic carbocycles. The van der Waals surface area contributed by atoms with Gasteiger partial charge in [-0.2, -0.15) is 0 Å². The van der Waals surface area contributed by atoms with Crippen LogP contribution in [0.5, 0.6) is 0 Å². The summed E-state index contributed by atoms with van der Waals surface area (Å²) in [6.45, 7) is 0. The van der Waals surface area contributed by atoms with Gasteiger partial charge in [-0.3, -0.25) is 0 Å². The smallest absolute Gasteiger partial charge is 2.00 e. The van der Waals surface area contributed by atoms with Crippen LogP contribution in [0.4, 0.5) is 0 Å². The average Bonchev–Trinajstić information content (AvgIpc) is 0. The standard InChI is InChI=1S/Gd.Nd.3O/q2*+3;3*-2. The predicted molar refractivity (Wildman–Crippen MR) is 2.06 cm³/mol. The fraction of sp³-hybridized carbons (Fsp3) is 0. The Morgan fingerprint density at radius 2 is 0.600 bits per heavy atom. The van der Waals surface area contributed by atoms with E-state index >= 15 is 0 Å². The Morgan fingerprint density at radius 1 is 0.600 bits per heavy atom. The summed E-state index contributed by atoms with van der Waals surface area (Å²) in [6.07, 6.45) is 0. The molecule has 2 radical (unpaired) electrons. The Balaban J connectivity index is 0. The second kappa shape index (κ2) is 31.0. The van der Waals surface area contributed by atoms with E-state index in [0.717, 1.165) is 0 Å². The van der Waals surface area contributed by atoms with Crippen LogP contribution in [-0.4, -0.2) is 0 Å². The molecule has 0 rings (SSSR count). The summed E-state index contributed by atoms with van der Waals surface area (Å²) < 4.78 is 0. The number of rotatable bonds is 0. The van der Waals surface area contributed by atoms with Crippen LogP contribution in [0, 0.1) is 80.8 Å². The van der Waals surface area contributed by atoms with E-state index in [9.17, 15) is 0 Å². The molecule has 3 nitrogen and oxygen atoms in total. The maximum absolute atomic E-state index is 0. The molecule has 30 valence electrons. The molecule has 5 heteroatoms. The van der Waals surface area contributed by atoms with E-state index in [1.807, 2.05) is 0 Å². The largest absolute Gasteiger partial charge is 3.00 e. The summed E-state index contributed by atoms with van der Waals surface area (Å²) in [5, 5.41) is 0. The van der Waals surface area contributed by atoms with E-state index < -0.39 is 0 Å². The summed E-state index contributed by atoms with van der Waals surface area (Å²) in [4.78, 5) is 0. The molecule has 0 saturated carbocycles. The molecule has 0 aromatic heterocycles. The summed E-state index contributed by atoms with van der Waals surface area (Å²) in [5.74, 6) is 0. The Hall–Kier alpha value is 2.56. The monoisotopic (exact) mass is 348 g/mol. The third-order valence-corrected chi connectivity index (χ3v) is 0. The van der Waals surface area contributed by atoms with Gasteiger partial charge in [0.25, 0.3) is 0 Å². The van der Waals surface area contributed by atoms with Gasteiger partial charge in [0.1, 0.15) is 0 Å². The van der Waals surface area contributed by atoms with Crippen molar-refractivity contribution in [3.63, 3.8) is 0 Å². The molecule has 0 aromatic carbocycles. The number of hydrogen-bond donors (Lipinski definition) is 0. The Bertz CT molecular complexity index is 6.85. The molecule has 0 fully saturated rings. The van der Waals surface area contributed by atoms with Crippen molar-refractivity contribution in [2.24, 2.45) is 0 Å². The molecule has 0 N–H and O–H groups in total. The van der Waals surface area contributed by atoms with E-state index in [1.165, 1.54) is 0 Å². The van der Waals surface area contributed by atoms with Gasteiger partial charge < -0.3 is 16.4 Å². The van der Waals surface area contributed by atoms with Gasteiger partial charge >= 0.3 is 80.8 Å². The van der Waals surface area contributed by atoms with Gasteiger partial charge in [0, 0.05) is 0 Å². The van der Waals surface area contributed by atoms with E-state index in [1.54, 1.807) is 0 Å². The van der Waals surface area contributed by atoms with Gasteiger partial charge in [0.2, 0.25) is 0 Å². The van der Waals surface area contributed by atoms with Crippen molar-refractivity contribution >= 4 is 0 Å². The van der Waals surface area contributed by atoms with Crippen LogP contribution < -0.4 is 0 Å². The van der Waals surface area contributed by atoms with Crippen LogP contribution in [0.25, 0.3) is 0 Å². The third kappa shape index (κ3) is 20.8. The van der Waals surface area contributed by atoms with Crippen molar-refractivity contribution in [2.45, 2.75) is 0 Å². The first-order valence-electron chi connectivity index (χ1n) is 0. The summed E-state index contributed by atoms with van der Waals surface area (Å²) in [6, 6.07) is 0. The van der Waals surface area contributed by atoms with E-state index in [4.69, 9.17) is 0 Å². The molecule has 0 amide bonds. The average molecular weight is 349 g/mol. The van der Waals surface area contributed by atoms with Gasteiger partial charge in [0.05, 0.1) is 0 Å². The predicted octanol–water partition coefficient (Wildman–Crippen LogP) is -0.356. The Morgan fingerprint density at radius 3 is 0.600 bits per heavy atom. The van der Waals surface area contributed by atoms with Crippen molar-refractivity contribution in [3.05, 3.63) is 0 Å². The summed E-state index contributed by atoms with van der Waals surface area (Å²) >= 11 is 0. The van der Waals surface area contributed by atoms with Crippen LogP contribution in [0.15, 0.2) is 0 Å². The maximum atomic E-state index is 0.